The molecule has 1 N–H and O–H groups in total. The van der Waals surface area contributed by atoms with Crippen LogP contribution < -0.4 is 14.8 Å². The van der Waals surface area contributed by atoms with Gasteiger partial charge >= 0.3 is 11.9 Å². The summed E-state index contributed by atoms with van der Waals surface area (Å²) in [6, 6.07) is 12.5. The van der Waals surface area contributed by atoms with Crippen molar-refractivity contribution < 1.29 is 33.3 Å². The Morgan fingerprint density at radius 2 is 1.61 bits per heavy atom. The molecule has 8 heteroatoms. The largest absolute Gasteiger partial charge is 0.493 e. The van der Waals surface area contributed by atoms with Crippen molar-refractivity contribution in [3.8, 4) is 11.5 Å². The van der Waals surface area contributed by atoms with Gasteiger partial charge in [-0.05, 0) is 61.1 Å². The van der Waals surface area contributed by atoms with Gasteiger partial charge in [0, 0.05) is 29.3 Å². The van der Waals surface area contributed by atoms with Crippen molar-refractivity contribution in [3.63, 3.8) is 0 Å². The zero-order valence-corrected chi connectivity index (χ0v) is 22.4. The van der Waals surface area contributed by atoms with Gasteiger partial charge in [-0.3, -0.25) is 4.79 Å². The number of methoxy groups -OCH3 is 3. The fraction of sp³-hybridized carbons (Fsp3) is 0.367. The molecule has 0 radical (unpaired) electrons. The second-order valence-corrected chi connectivity index (χ2v) is 9.38. The molecule has 2 aliphatic rings. The Hall–Kier alpha value is -4.07. The second-order valence-electron chi connectivity index (χ2n) is 9.38. The number of ether oxygens (including phenoxy) is 4. The van der Waals surface area contributed by atoms with Gasteiger partial charge in [0.05, 0.1) is 39.1 Å². The van der Waals surface area contributed by atoms with Crippen LogP contribution in [-0.2, 0) is 19.1 Å². The zero-order valence-electron chi connectivity index (χ0n) is 22.4. The molecule has 200 valence electrons. The van der Waals surface area contributed by atoms with Crippen molar-refractivity contribution >= 4 is 17.7 Å². The highest BCUT2D eigenvalue weighted by Crippen LogP contribution is 2.46. The number of ketones is 1. The first kappa shape index (κ1) is 27.0. The Morgan fingerprint density at radius 1 is 0.921 bits per heavy atom. The molecule has 2 atom stereocenters. The lowest BCUT2D eigenvalue weighted by Crippen LogP contribution is -2.36. The van der Waals surface area contributed by atoms with Crippen LogP contribution in [0.5, 0.6) is 11.5 Å². The molecule has 2 aromatic carbocycles. The van der Waals surface area contributed by atoms with Gasteiger partial charge in [0.25, 0.3) is 0 Å². The number of dihydropyridines is 1. The molecule has 0 saturated carbocycles. The maximum absolute atomic E-state index is 13.8. The molecule has 38 heavy (non-hydrogen) atoms. The molecule has 1 aliphatic heterocycles. The van der Waals surface area contributed by atoms with Crippen molar-refractivity contribution in [1.29, 1.82) is 0 Å². The van der Waals surface area contributed by atoms with Gasteiger partial charge in [0.1, 0.15) is 0 Å². The number of benzene rings is 2. The van der Waals surface area contributed by atoms with Crippen LogP contribution in [0.4, 0.5) is 0 Å². The molecule has 0 bridgehead atoms. The van der Waals surface area contributed by atoms with Crippen LogP contribution in [0.2, 0.25) is 0 Å². The first-order valence-electron chi connectivity index (χ1n) is 12.6. The molecule has 0 saturated heterocycles. The summed E-state index contributed by atoms with van der Waals surface area (Å²) < 4.78 is 21.2. The van der Waals surface area contributed by atoms with E-state index in [1.807, 2.05) is 32.0 Å². The second kappa shape index (κ2) is 11.5. The minimum Gasteiger partial charge on any atom is -0.493 e. The average Bonchev–Trinajstić information content (AvgIpc) is 2.94. The molecular formula is C30H33NO7. The molecule has 0 aromatic heterocycles. The van der Waals surface area contributed by atoms with Gasteiger partial charge in [-0.15, -0.1) is 0 Å². The van der Waals surface area contributed by atoms with E-state index in [-0.39, 0.29) is 24.7 Å². The summed E-state index contributed by atoms with van der Waals surface area (Å²) in [4.78, 5) is 39.0. The van der Waals surface area contributed by atoms with E-state index in [2.05, 4.69) is 5.32 Å². The van der Waals surface area contributed by atoms with Gasteiger partial charge in [-0.1, -0.05) is 25.1 Å². The van der Waals surface area contributed by atoms with E-state index in [0.717, 1.165) is 16.8 Å². The van der Waals surface area contributed by atoms with Gasteiger partial charge in [0.15, 0.2) is 17.3 Å². The number of rotatable bonds is 8. The molecule has 0 spiro atoms. The maximum Gasteiger partial charge on any atom is 0.337 e. The Morgan fingerprint density at radius 3 is 2.24 bits per heavy atom. The minimum atomic E-state index is -0.610. The molecule has 8 nitrogen and oxygen atoms in total. The highest BCUT2D eigenvalue weighted by molar-refractivity contribution is 6.04. The van der Waals surface area contributed by atoms with E-state index in [0.29, 0.717) is 46.7 Å². The van der Waals surface area contributed by atoms with Crippen LogP contribution in [0.1, 0.15) is 66.4 Å². The van der Waals surface area contributed by atoms with E-state index < -0.39 is 17.9 Å². The van der Waals surface area contributed by atoms with E-state index in [1.54, 1.807) is 38.5 Å². The molecule has 4 rings (SSSR count). The number of carbonyl (C=O) groups is 3. The number of esters is 2. The summed E-state index contributed by atoms with van der Waals surface area (Å²) in [5.41, 5.74) is 4.48. The number of carbonyl (C=O) groups excluding carboxylic acids is 3. The van der Waals surface area contributed by atoms with E-state index in [9.17, 15) is 14.4 Å². The lowest BCUT2D eigenvalue weighted by atomic mass is 9.71. The lowest BCUT2D eigenvalue weighted by molar-refractivity contribution is -0.139. The number of allylic oxidation sites excluding steroid dienone is 3. The first-order valence-corrected chi connectivity index (χ1v) is 12.6. The highest BCUT2D eigenvalue weighted by atomic mass is 16.5. The fourth-order valence-corrected chi connectivity index (χ4v) is 5.19. The quantitative estimate of drug-likeness (QED) is 0.496. The third kappa shape index (κ3) is 5.16. The standard InChI is InChI=1S/C30H33NO7/c1-6-13-38-30(34)26-17(2)31-22-14-21(20-11-12-24(35-3)25(16-20)36-4)15-23(32)28(22)27(26)18-7-9-19(10-8-18)29(33)37-5/h7-12,16,21,27,31H,6,13-15H2,1-5H3/t21-,27+/m1/s1. The summed E-state index contributed by atoms with van der Waals surface area (Å²) >= 11 is 0. The Labute approximate surface area is 222 Å². The molecule has 0 unspecified atom stereocenters. The summed E-state index contributed by atoms with van der Waals surface area (Å²) in [5, 5.41) is 3.35. The van der Waals surface area contributed by atoms with E-state index in [4.69, 9.17) is 18.9 Å². The molecular weight excluding hydrogens is 486 g/mol. The van der Waals surface area contributed by atoms with Gasteiger partial charge < -0.3 is 24.3 Å². The number of nitrogens with one attached hydrogen (secondary N) is 1. The monoisotopic (exact) mass is 519 g/mol. The topological polar surface area (TPSA) is 100 Å². The van der Waals surface area contributed by atoms with Crippen LogP contribution >= 0.6 is 0 Å². The van der Waals surface area contributed by atoms with Crippen LogP contribution in [0.25, 0.3) is 0 Å². The summed E-state index contributed by atoms with van der Waals surface area (Å²) in [6.45, 7) is 4.04. The number of hydrogen-bond donors (Lipinski definition) is 1. The molecule has 0 fully saturated rings. The van der Waals surface area contributed by atoms with Crippen LogP contribution in [0, 0.1) is 0 Å². The SMILES string of the molecule is CCCOC(=O)C1=C(C)NC2=C(C(=O)C[C@H](c3ccc(OC)c(OC)c3)C2)[C@H]1c1ccc(C(=O)OC)cc1. The van der Waals surface area contributed by atoms with Crippen LogP contribution in [-0.4, -0.2) is 45.7 Å². The van der Waals surface area contributed by atoms with Crippen molar-refractivity contribution in [2.75, 3.05) is 27.9 Å². The fourth-order valence-electron chi connectivity index (χ4n) is 5.19. The average molecular weight is 520 g/mol. The zero-order chi connectivity index (χ0) is 27.4. The number of Topliss-reactive ketones (excluding diaryl/α,β-unsaturated/α-hetero) is 1. The molecule has 0 amide bonds. The summed E-state index contributed by atoms with van der Waals surface area (Å²) in [5.74, 6) is -0.414. The molecule has 2 aromatic rings. The van der Waals surface area contributed by atoms with Gasteiger partial charge in [0.2, 0.25) is 0 Å². The van der Waals surface area contributed by atoms with E-state index >= 15 is 0 Å². The number of hydrogen-bond acceptors (Lipinski definition) is 8. The van der Waals surface area contributed by atoms with Crippen LogP contribution in [0.3, 0.4) is 0 Å². The Kier molecular flexibility index (Phi) is 8.20. The smallest absolute Gasteiger partial charge is 0.337 e. The summed E-state index contributed by atoms with van der Waals surface area (Å²) in [6.07, 6.45) is 1.55. The van der Waals surface area contributed by atoms with Crippen molar-refractivity contribution in [3.05, 3.63) is 81.7 Å². The first-order chi connectivity index (χ1) is 18.3. The minimum absolute atomic E-state index is 0.0473. The van der Waals surface area contributed by atoms with Crippen molar-refractivity contribution in [2.24, 2.45) is 0 Å². The predicted octanol–water partition coefficient (Wildman–Crippen LogP) is 4.81. The predicted molar refractivity (Wildman–Crippen MR) is 141 cm³/mol. The third-order valence-electron chi connectivity index (χ3n) is 7.03. The van der Waals surface area contributed by atoms with Crippen molar-refractivity contribution in [2.45, 2.75) is 44.9 Å². The van der Waals surface area contributed by atoms with Crippen molar-refractivity contribution in [1.82, 2.24) is 5.32 Å². The van der Waals surface area contributed by atoms with Crippen LogP contribution in [0.15, 0.2) is 65.0 Å². The normalized spacial score (nSPS) is 18.9. The lowest BCUT2D eigenvalue weighted by Gasteiger charge is -2.36. The maximum atomic E-state index is 13.8. The third-order valence-corrected chi connectivity index (χ3v) is 7.03. The molecule has 1 aliphatic carbocycles. The van der Waals surface area contributed by atoms with Gasteiger partial charge in [-0.25, -0.2) is 9.59 Å². The highest BCUT2D eigenvalue weighted by Gasteiger charge is 2.41. The van der Waals surface area contributed by atoms with E-state index in [1.165, 1.54) is 7.11 Å². The Balaban J connectivity index is 1.76. The molecule has 1 heterocycles. The van der Waals surface area contributed by atoms with Gasteiger partial charge in [-0.2, -0.15) is 0 Å². The summed E-state index contributed by atoms with van der Waals surface area (Å²) in [7, 11) is 4.49. The Bertz CT molecular complexity index is 1310.